The van der Waals surface area contributed by atoms with E-state index in [0.717, 1.165) is 25.8 Å². The summed E-state index contributed by atoms with van der Waals surface area (Å²) >= 11 is 0. The van der Waals surface area contributed by atoms with Crippen LogP contribution in [0.25, 0.3) is 0 Å². The van der Waals surface area contributed by atoms with Crippen molar-refractivity contribution in [1.29, 1.82) is 0 Å². The molecular weight excluding hydrogens is 596 g/mol. The highest BCUT2D eigenvalue weighted by atomic mass is 16.6. The maximum Gasteiger partial charge on any atom is 0.405 e. The van der Waals surface area contributed by atoms with Crippen LogP contribution in [0.15, 0.2) is 0 Å². The van der Waals surface area contributed by atoms with E-state index < -0.39 is 11.7 Å². The molecule has 0 fully saturated rings. The van der Waals surface area contributed by atoms with Crippen LogP contribution in [0.1, 0.15) is 165 Å². The van der Waals surface area contributed by atoms with E-state index in [4.69, 9.17) is 15.3 Å². The van der Waals surface area contributed by atoms with Crippen molar-refractivity contribution in [1.82, 2.24) is 16.1 Å². The number of hydrogen-bond acceptors (Lipinski definition) is 7. The summed E-state index contributed by atoms with van der Waals surface area (Å²) in [6.45, 7) is 20.3. The number of amides is 3. The quantitative estimate of drug-likeness (QED) is 0.0565. The van der Waals surface area contributed by atoms with Gasteiger partial charge in [-0.1, -0.05) is 119 Å². The Morgan fingerprint density at radius 2 is 1.13 bits per heavy atom. The van der Waals surface area contributed by atoms with E-state index in [9.17, 15) is 14.4 Å². The predicted octanol–water partition coefficient (Wildman–Crippen LogP) is 8.22. The minimum absolute atomic E-state index is 0.0453. The SMILES string of the molecule is CC(C)(C)OC(N)=O.CCCCCCCCCCCCCCCC(=O)NCCC.CNOCC(C)(C)CC(=O)NCC(C)(C)COC. The molecule has 10 heteroatoms. The number of carbonyl (C=O) groups is 3. The van der Waals surface area contributed by atoms with E-state index in [1.54, 1.807) is 34.9 Å². The lowest BCUT2D eigenvalue weighted by Gasteiger charge is -2.26. The molecular formula is C37H78N4O6. The van der Waals surface area contributed by atoms with Gasteiger partial charge in [0.2, 0.25) is 11.8 Å². The van der Waals surface area contributed by atoms with Gasteiger partial charge in [-0.05, 0) is 39.0 Å². The molecule has 0 aromatic rings. The van der Waals surface area contributed by atoms with Gasteiger partial charge in [0.1, 0.15) is 5.60 Å². The fraction of sp³-hybridized carbons (Fsp3) is 0.919. The molecule has 0 spiro atoms. The second kappa shape index (κ2) is 31.4. The topological polar surface area (TPSA) is 141 Å². The molecule has 0 radical (unpaired) electrons. The molecule has 0 rings (SSSR count). The number of hydroxylamine groups is 1. The van der Waals surface area contributed by atoms with E-state index in [1.165, 1.54) is 77.0 Å². The summed E-state index contributed by atoms with van der Waals surface area (Å²) < 4.78 is 9.69. The van der Waals surface area contributed by atoms with Gasteiger partial charge in [0.15, 0.2) is 0 Å². The molecule has 0 aliphatic rings. The number of hydrogen-bond donors (Lipinski definition) is 4. The van der Waals surface area contributed by atoms with Crippen LogP contribution in [0.4, 0.5) is 4.79 Å². The molecule has 282 valence electrons. The van der Waals surface area contributed by atoms with Crippen LogP contribution in [-0.4, -0.2) is 64.0 Å². The molecule has 0 aliphatic heterocycles. The lowest BCUT2D eigenvalue weighted by molar-refractivity contribution is -0.125. The third-order valence-corrected chi connectivity index (χ3v) is 7.03. The summed E-state index contributed by atoms with van der Waals surface area (Å²) in [6, 6.07) is 0. The Balaban J connectivity index is -0.000000675. The number of methoxy groups -OCH3 is 1. The summed E-state index contributed by atoms with van der Waals surface area (Å²) in [5, 5.41) is 5.88. The molecule has 0 bridgehead atoms. The number of rotatable bonds is 25. The Labute approximate surface area is 290 Å². The van der Waals surface area contributed by atoms with Crippen molar-refractivity contribution in [2.45, 2.75) is 171 Å². The lowest BCUT2D eigenvalue weighted by atomic mass is 9.89. The monoisotopic (exact) mass is 675 g/mol. The summed E-state index contributed by atoms with van der Waals surface area (Å²) in [4.78, 5) is 38.4. The number of unbranched alkanes of at least 4 members (excludes halogenated alkanes) is 12. The van der Waals surface area contributed by atoms with Crippen LogP contribution < -0.4 is 21.8 Å². The van der Waals surface area contributed by atoms with Crippen molar-refractivity contribution < 1.29 is 28.7 Å². The first-order valence-electron chi connectivity index (χ1n) is 18.2. The fourth-order valence-electron chi connectivity index (χ4n) is 4.55. The second-order valence-electron chi connectivity index (χ2n) is 15.1. The van der Waals surface area contributed by atoms with Crippen LogP contribution in [-0.2, 0) is 23.9 Å². The Morgan fingerprint density at radius 3 is 1.51 bits per heavy atom. The van der Waals surface area contributed by atoms with Crippen molar-refractivity contribution in [3.8, 4) is 0 Å². The Morgan fingerprint density at radius 1 is 0.638 bits per heavy atom. The molecule has 0 aromatic carbocycles. The number of carbonyl (C=O) groups excluding carboxylic acids is 3. The molecule has 0 aromatic heterocycles. The fourth-order valence-corrected chi connectivity index (χ4v) is 4.55. The minimum Gasteiger partial charge on any atom is -0.444 e. The van der Waals surface area contributed by atoms with Gasteiger partial charge in [0.05, 0.1) is 13.2 Å². The Kier molecular flexibility index (Phi) is 33.0. The first-order chi connectivity index (χ1) is 21.9. The molecule has 47 heavy (non-hydrogen) atoms. The molecule has 10 nitrogen and oxygen atoms in total. The highest BCUT2D eigenvalue weighted by Gasteiger charge is 2.24. The molecule has 0 heterocycles. The normalized spacial score (nSPS) is 11.5. The summed E-state index contributed by atoms with van der Waals surface area (Å²) in [5.74, 6) is 0.281. The van der Waals surface area contributed by atoms with Gasteiger partial charge in [-0.3, -0.25) is 9.59 Å². The van der Waals surface area contributed by atoms with Crippen molar-refractivity contribution in [2.24, 2.45) is 16.6 Å². The van der Waals surface area contributed by atoms with Gasteiger partial charge in [-0.15, -0.1) is 0 Å². The van der Waals surface area contributed by atoms with E-state index in [2.05, 4.69) is 48.5 Å². The first kappa shape index (κ1) is 49.5. The van der Waals surface area contributed by atoms with Crippen molar-refractivity contribution in [3.05, 3.63) is 0 Å². The molecule has 0 atom stereocenters. The molecule has 0 aliphatic carbocycles. The first-order valence-corrected chi connectivity index (χ1v) is 18.2. The second-order valence-corrected chi connectivity index (χ2v) is 15.1. The van der Waals surface area contributed by atoms with Crippen LogP contribution in [0.5, 0.6) is 0 Å². The van der Waals surface area contributed by atoms with Crippen molar-refractivity contribution in [2.75, 3.05) is 40.5 Å². The predicted molar refractivity (Wildman–Crippen MR) is 196 cm³/mol. The maximum absolute atomic E-state index is 11.8. The largest absolute Gasteiger partial charge is 0.444 e. The van der Waals surface area contributed by atoms with Crippen molar-refractivity contribution >= 4 is 17.9 Å². The molecule has 3 amide bonds. The third kappa shape index (κ3) is 44.1. The standard InChI is InChI=1S/C19H39NO.C13H28N2O3.C5H11NO2/c1-3-5-6-7-8-9-10-11-12-13-14-15-16-17-19(21)20-18-4-2;1-12(2,10-18-14-5)7-11(16)15-8-13(3,4)9-17-6;1-5(2,3)8-4(6)7/h3-18H2,1-2H3,(H,20,21);14H,7-10H2,1-6H3,(H,15,16);1-3H3,(H2,6,7). The van der Waals surface area contributed by atoms with E-state index >= 15 is 0 Å². The van der Waals surface area contributed by atoms with Gasteiger partial charge in [-0.25, -0.2) is 10.3 Å². The average molecular weight is 675 g/mol. The van der Waals surface area contributed by atoms with Gasteiger partial charge in [0.25, 0.3) is 0 Å². The highest BCUT2D eigenvalue weighted by molar-refractivity contribution is 5.76. The van der Waals surface area contributed by atoms with Gasteiger partial charge in [0, 0.05) is 45.5 Å². The zero-order chi connectivity index (χ0) is 36.6. The van der Waals surface area contributed by atoms with E-state index in [1.807, 2.05) is 13.8 Å². The Hall–Kier alpha value is -1.91. The lowest BCUT2D eigenvalue weighted by Crippen LogP contribution is -2.39. The van der Waals surface area contributed by atoms with Crippen LogP contribution >= 0.6 is 0 Å². The smallest absolute Gasteiger partial charge is 0.405 e. The van der Waals surface area contributed by atoms with Crippen LogP contribution in [0.3, 0.4) is 0 Å². The summed E-state index contributed by atoms with van der Waals surface area (Å²) in [5.41, 5.74) is 6.66. The van der Waals surface area contributed by atoms with Crippen LogP contribution in [0.2, 0.25) is 0 Å². The zero-order valence-electron chi connectivity index (χ0n) is 32.7. The highest BCUT2D eigenvalue weighted by Crippen LogP contribution is 2.21. The molecule has 5 N–H and O–H groups in total. The van der Waals surface area contributed by atoms with Gasteiger partial charge in [-0.2, -0.15) is 0 Å². The molecule has 0 saturated carbocycles. The van der Waals surface area contributed by atoms with Gasteiger partial charge < -0.3 is 30.7 Å². The molecule has 0 saturated heterocycles. The third-order valence-electron chi connectivity index (χ3n) is 7.03. The molecule has 0 unspecified atom stereocenters. The summed E-state index contributed by atoms with van der Waals surface area (Å²) in [6.07, 6.45) is 19.1. The number of ether oxygens (including phenoxy) is 2. The van der Waals surface area contributed by atoms with Gasteiger partial charge >= 0.3 is 6.09 Å². The van der Waals surface area contributed by atoms with E-state index in [0.29, 0.717) is 26.2 Å². The van der Waals surface area contributed by atoms with Crippen molar-refractivity contribution in [3.63, 3.8) is 0 Å². The minimum atomic E-state index is -0.725. The summed E-state index contributed by atoms with van der Waals surface area (Å²) in [7, 11) is 3.38. The van der Waals surface area contributed by atoms with Crippen LogP contribution in [0, 0.1) is 10.8 Å². The number of primary amides is 1. The average Bonchev–Trinajstić information content (AvgIpc) is 2.95. The van der Waals surface area contributed by atoms with E-state index in [-0.39, 0.29) is 22.6 Å². The number of nitrogens with one attached hydrogen (secondary N) is 3. The number of nitrogens with two attached hydrogens (primary N) is 1. The maximum atomic E-state index is 11.8. The zero-order valence-corrected chi connectivity index (χ0v) is 32.7. The Bertz CT molecular complexity index is 754.